The minimum Gasteiger partial charge on any atom is -0.396 e. The van der Waals surface area contributed by atoms with Gasteiger partial charge in [-0.05, 0) is 43.9 Å². The number of hydrogen-bond acceptors (Lipinski definition) is 2. The lowest BCUT2D eigenvalue weighted by Crippen LogP contribution is -2.24. The average Bonchev–Trinajstić information content (AvgIpc) is 2.19. The molecule has 14 heavy (non-hydrogen) atoms. The zero-order valence-electron chi connectivity index (χ0n) is 9.28. The molecule has 1 atom stereocenters. The smallest absolute Gasteiger partial charge is 0.0540 e. The first-order chi connectivity index (χ1) is 6.77. The van der Waals surface area contributed by atoms with E-state index in [1.165, 1.54) is 12.8 Å². The highest BCUT2D eigenvalue weighted by atomic mass is 16.3. The number of hydrogen-bond donors (Lipinski definition) is 2. The van der Waals surface area contributed by atoms with Crippen molar-refractivity contribution in [3.05, 3.63) is 0 Å². The SMILES string of the molecule is CCCC(CCO)C1CCC(O)CC1. The maximum Gasteiger partial charge on any atom is 0.0540 e. The van der Waals surface area contributed by atoms with E-state index in [4.69, 9.17) is 5.11 Å². The number of aliphatic hydroxyl groups excluding tert-OH is 2. The van der Waals surface area contributed by atoms with Crippen LogP contribution in [0.4, 0.5) is 0 Å². The number of aliphatic hydroxyl groups is 2. The van der Waals surface area contributed by atoms with E-state index in [0.717, 1.165) is 38.0 Å². The largest absolute Gasteiger partial charge is 0.396 e. The van der Waals surface area contributed by atoms with Gasteiger partial charge in [-0.15, -0.1) is 0 Å². The molecule has 1 aliphatic rings. The monoisotopic (exact) mass is 200 g/mol. The van der Waals surface area contributed by atoms with Crippen LogP contribution in [0.15, 0.2) is 0 Å². The van der Waals surface area contributed by atoms with Gasteiger partial charge in [-0.25, -0.2) is 0 Å². The van der Waals surface area contributed by atoms with Crippen LogP contribution < -0.4 is 0 Å². The molecule has 0 aromatic rings. The molecule has 1 rings (SSSR count). The van der Waals surface area contributed by atoms with Crippen molar-refractivity contribution in [1.29, 1.82) is 0 Å². The van der Waals surface area contributed by atoms with Crippen molar-refractivity contribution in [2.75, 3.05) is 6.61 Å². The quantitative estimate of drug-likeness (QED) is 0.715. The second kappa shape index (κ2) is 6.41. The first-order valence-electron chi connectivity index (χ1n) is 6.06. The summed E-state index contributed by atoms with van der Waals surface area (Å²) in [7, 11) is 0. The molecule has 0 aromatic heterocycles. The van der Waals surface area contributed by atoms with Crippen LogP contribution in [0.2, 0.25) is 0 Å². The predicted molar refractivity (Wildman–Crippen MR) is 58.1 cm³/mol. The molecule has 0 aliphatic heterocycles. The Morgan fingerprint density at radius 1 is 1.14 bits per heavy atom. The Balaban J connectivity index is 2.34. The van der Waals surface area contributed by atoms with Crippen LogP contribution in [0.3, 0.4) is 0 Å². The third kappa shape index (κ3) is 3.58. The molecule has 2 N–H and O–H groups in total. The molecule has 0 saturated heterocycles. The van der Waals surface area contributed by atoms with E-state index in [2.05, 4.69) is 6.92 Å². The second-order valence-electron chi connectivity index (χ2n) is 4.63. The van der Waals surface area contributed by atoms with Gasteiger partial charge >= 0.3 is 0 Å². The molecule has 84 valence electrons. The van der Waals surface area contributed by atoms with Crippen molar-refractivity contribution >= 4 is 0 Å². The molecule has 0 spiro atoms. The van der Waals surface area contributed by atoms with Crippen molar-refractivity contribution in [1.82, 2.24) is 0 Å². The van der Waals surface area contributed by atoms with Gasteiger partial charge in [0.1, 0.15) is 0 Å². The number of rotatable bonds is 5. The summed E-state index contributed by atoms with van der Waals surface area (Å²) >= 11 is 0. The van der Waals surface area contributed by atoms with Gasteiger partial charge in [0.15, 0.2) is 0 Å². The average molecular weight is 200 g/mol. The van der Waals surface area contributed by atoms with E-state index in [1.54, 1.807) is 0 Å². The Labute approximate surface area is 87.3 Å². The Kier molecular flexibility index (Phi) is 5.49. The standard InChI is InChI=1S/C12H24O2/c1-2-3-10(8-9-13)11-4-6-12(14)7-5-11/h10-14H,2-9H2,1H3. The highest BCUT2D eigenvalue weighted by Crippen LogP contribution is 2.34. The van der Waals surface area contributed by atoms with Crippen molar-refractivity contribution in [2.24, 2.45) is 11.8 Å². The van der Waals surface area contributed by atoms with Gasteiger partial charge in [0.05, 0.1) is 6.10 Å². The van der Waals surface area contributed by atoms with Gasteiger partial charge in [0.2, 0.25) is 0 Å². The maximum atomic E-state index is 9.42. The van der Waals surface area contributed by atoms with Gasteiger partial charge in [-0.3, -0.25) is 0 Å². The summed E-state index contributed by atoms with van der Waals surface area (Å²) in [6.07, 6.45) is 7.60. The first kappa shape index (κ1) is 12.0. The molecule has 0 radical (unpaired) electrons. The molecule has 1 saturated carbocycles. The fourth-order valence-corrected chi connectivity index (χ4v) is 2.73. The van der Waals surface area contributed by atoms with E-state index in [0.29, 0.717) is 12.5 Å². The molecule has 0 amide bonds. The molecular weight excluding hydrogens is 176 g/mol. The normalized spacial score (nSPS) is 30.2. The van der Waals surface area contributed by atoms with Crippen LogP contribution >= 0.6 is 0 Å². The lowest BCUT2D eigenvalue weighted by atomic mass is 9.76. The predicted octanol–water partition coefficient (Wildman–Crippen LogP) is 2.34. The van der Waals surface area contributed by atoms with Crippen LogP contribution in [0, 0.1) is 11.8 Å². The third-order valence-electron chi connectivity index (χ3n) is 3.57. The van der Waals surface area contributed by atoms with Crippen LogP contribution in [0.1, 0.15) is 51.9 Å². The van der Waals surface area contributed by atoms with E-state index >= 15 is 0 Å². The van der Waals surface area contributed by atoms with Gasteiger partial charge in [0, 0.05) is 6.61 Å². The molecule has 1 fully saturated rings. The molecule has 2 nitrogen and oxygen atoms in total. The summed E-state index contributed by atoms with van der Waals surface area (Å²) in [6.45, 7) is 2.53. The lowest BCUT2D eigenvalue weighted by molar-refractivity contribution is 0.0819. The van der Waals surface area contributed by atoms with Gasteiger partial charge in [-0.1, -0.05) is 19.8 Å². The van der Waals surface area contributed by atoms with Gasteiger partial charge in [0.25, 0.3) is 0 Å². The Hall–Kier alpha value is -0.0800. The fourth-order valence-electron chi connectivity index (χ4n) is 2.73. The lowest BCUT2D eigenvalue weighted by Gasteiger charge is -2.31. The Morgan fingerprint density at radius 2 is 1.79 bits per heavy atom. The fraction of sp³-hybridized carbons (Fsp3) is 1.00. The first-order valence-corrected chi connectivity index (χ1v) is 6.06. The third-order valence-corrected chi connectivity index (χ3v) is 3.57. The van der Waals surface area contributed by atoms with Gasteiger partial charge < -0.3 is 10.2 Å². The molecule has 2 heteroatoms. The zero-order valence-corrected chi connectivity index (χ0v) is 9.28. The molecule has 0 heterocycles. The topological polar surface area (TPSA) is 40.5 Å². The highest BCUT2D eigenvalue weighted by Gasteiger charge is 2.25. The highest BCUT2D eigenvalue weighted by molar-refractivity contribution is 4.77. The Morgan fingerprint density at radius 3 is 2.29 bits per heavy atom. The van der Waals surface area contributed by atoms with E-state index < -0.39 is 0 Å². The van der Waals surface area contributed by atoms with Crippen LogP contribution in [-0.2, 0) is 0 Å². The van der Waals surface area contributed by atoms with Crippen LogP contribution in [0.25, 0.3) is 0 Å². The minimum absolute atomic E-state index is 0.0531. The van der Waals surface area contributed by atoms with Crippen molar-refractivity contribution in [2.45, 2.75) is 58.0 Å². The zero-order chi connectivity index (χ0) is 10.4. The van der Waals surface area contributed by atoms with Crippen LogP contribution in [-0.4, -0.2) is 22.9 Å². The van der Waals surface area contributed by atoms with E-state index in [9.17, 15) is 5.11 Å². The van der Waals surface area contributed by atoms with Gasteiger partial charge in [-0.2, -0.15) is 0 Å². The summed E-state index contributed by atoms with van der Waals surface area (Å²) in [5.74, 6) is 1.45. The summed E-state index contributed by atoms with van der Waals surface area (Å²) in [5, 5.41) is 18.4. The van der Waals surface area contributed by atoms with E-state index in [-0.39, 0.29) is 6.10 Å². The van der Waals surface area contributed by atoms with Crippen molar-refractivity contribution in [3.8, 4) is 0 Å². The molecule has 1 aliphatic carbocycles. The second-order valence-corrected chi connectivity index (χ2v) is 4.63. The van der Waals surface area contributed by atoms with E-state index in [1.807, 2.05) is 0 Å². The maximum absolute atomic E-state index is 9.42. The Bertz CT molecular complexity index is 133. The summed E-state index contributed by atoms with van der Waals surface area (Å²) < 4.78 is 0. The molecular formula is C12H24O2. The summed E-state index contributed by atoms with van der Waals surface area (Å²) in [5.41, 5.74) is 0. The van der Waals surface area contributed by atoms with Crippen molar-refractivity contribution < 1.29 is 10.2 Å². The summed E-state index contributed by atoms with van der Waals surface area (Å²) in [6, 6.07) is 0. The minimum atomic E-state index is -0.0531. The molecule has 0 bridgehead atoms. The van der Waals surface area contributed by atoms with Crippen LogP contribution in [0.5, 0.6) is 0 Å². The van der Waals surface area contributed by atoms with Crippen molar-refractivity contribution in [3.63, 3.8) is 0 Å². The molecule has 0 aromatic carbocycles. The summed E-state index contributed by atoms with van der Waals surface area (Å²) in [4.78, 5) is 0. The molecule has 1 unspecified atom stereocenters.